The van der Waals surface area contributed by atoms with Gasteiger partial charge in [-0.3, -0.25) is 0 Å². The van der Waals surface area contributed by atoms with Crippen LogP contribution in [-0.2, 0) is 25.0 Å². The number of methoxy groups -OCH3 is 3. The van der Waals surface area contributed by atoms with Crippen molar-refractivity contribution in [1.29, 1.82) is 0 Å². The molecule has 2 aromatic carbocycles. The smallest absolute Gasteiger partial charge is 0.339 e. The van der Waals surface area contributed by atoms with E-state index in [2.05, 4.69) is 46.4 Å². The molecule has 0 aliphatic heterocycles. The molecule has 0 bridgehead atoms. The van der Waals surface area contributed by atoms with Crippen molar-refractivity contribution < 1.29 is 28.6 Å². The molecule has 186 valence electrons. The van der Waals surface area contributed by atoms with Gasteiger partial charge in [0.1, 0.15) is 0 Å². The Balaban J connectivity index is 2.28. The molecule has 2 aromatic rings. The predicted octanol–water partition coefficient (Wildman–Crippen LogP) is 5.77. The van der Waals surface area contributed by atoms with Crippen LogP contribution in [0.25, 0.3) is 5.57 Å². The number of benzene rings is 2. The molecule has 0 saturated heterocycles. The number of carbonyl (C=O) groups excluding carboxylic acids is 3. The average Bonchev–Trinajstić information content (AvgIpc) is 2.83. The zero-order valence-electron chi connectivity index (χ0n) is 21.9. The Bertz CT molecular complexity index is 1190. The van der Waals surface area contributed by atoms with Crippen LogP contribution in [0.3, 0.4) is 0 Å². The van der Waals surface area contributed by atoms with Crippen molar-refractivity contribution in [3.63, 3.8) is 0 Å². The fraction of sp³-hybridized carbons (Fsp3) is 0.414. The largest absolute Gasteiger partial charge is 0.465 e. The van der Waals surface area contributed by atoms with Gasteiger partial charge in [-0.15, -0.1) is 0 Å². The van der Waals surface area contributed by atoms with Gasteiger partial charge in [0, 0.05) is 0 Å². The van der Waals surface area contributed by atoms with E-state index in [0.717, 1.165) is 24.0 Å². The lowest BCUT2D eigenvalue weighted by Gasteiger charge is -2.42. The van der Waals surface area contributed by atoms with E-state index in [0.29, 0.717) is 11.1 Å². The molecule has 1 aliphatic rings. The molecule has 0 spiro atoms. The van der Waals surface area contributed by atoms with Crippen molar-refractivity contribution in [3.05, 3.63) is 75.4 Å². The van der Waals surface area contributed by atoms with Crippen LogP contribution in [0.15, 0.2) is 30.8 Å². The number of aryl methyl sites for hydroxylation is 1. The molecular weight excluding hydrogens is 444 g/mol. The van der Waals surface area contributed by atoms with Crippen LogP contribution in [0.5, 0.6) is 0 Å². The van der Waals surface area contributed by atoms with Crippen LogP contribution >= 0.6 is 0 Å². The van der Waals surface area contributed by atoms with Crippen LogP contribution in [0.4, 0.5) is 0 Å². The van der Waals surface area contributed by atoms with Crippen molar-refractivity contribution in [2.75, 3.05) is 21.3 Å². The van der Waals surface area contributed by atoms with E-state index in [1.165, 1.54) is 44.6 Å². The van der Waals surface area contributed by atoms with Crippen LogP contribution in [0.1, 0.15) is 99.4 Å². The highest BCUT2D eigenvalue weighted by Gasteiger charge is 2.37. The third kappa shape index (κ3) is 4.62. The standard InChI is InChI=1S/C29H34O6/c1-16-12-22-23(29(5,6)11-10-28(22,3)4)15-19(16)17(2)18-13-20(25(30)33-7)24(27(32)35-9)21(14-18)26(31)34-8/h12-15H,2,10-11H2,1,3-9H3. The average molecular weight is 479 g/mol. The molecule has 0 N–H and O–H groups in total. The molecule has 35 heavy (non-hydrogen) atoms. The first-order valence-corrected chi connectivity index (χ1v) is 11.6. The van der Waals surface area contributed by atoms with Gasteiger partial charge in [0.05, 0.1) is 38.0 Å². The van der Waals surface area contributed by atoms with Gasteiger partial charge in [-0.1, -0.05) is 46.4 Å². The van der Waals surface area contributed by atoms with E-state index >= 15 is 0 Å². The van der Waals surface area contributed by atoms with E-state index in [4.69, 9.17) is 14.2 Å². The van der Waals surface area contributed by atoms with Gasteiger partial charge in [-0.05, 0) is 76.1 Å². The molecular formula is C29H34O6. The molecule has 0 radical (unpaired) electrons. The maximum atomic E-state index is 12.6. The second-order valence-electron chi connectivity index (χ2n) is 10.4. The summed E-state index contributed by atoms with van der Waals surface area (Å²) in [4.78, 5) is 37.8. The summed E-state index contributed by atoms with van der Waals surface area (Å²) in [6.07, 6.45) is 2.17. The Kier molecular flexibility index (Phi) is 6.98. The first-order chi connectivity index (χ1) is 16.3. The second kappa shape index (κ2) is 9.33. The van der Waals surface area contributed by atoms with Crippen LogP contribution < -0.4 is 0 Å². The van der Waals surface area contributed by atoms with Gasteiger partial charge in [-0.2, -0.15) is 0 Å². The van der Waals surface area contributed by atoms with Gasteiger partial charge in [-0.25, -0.2) is 14.4 Å². The minimum atomic E-state index is -0.836. The van der Waals surface area contributed by atoms with E-state index in [1.807, 2.05) is 6.92 Å². The molecule has 0 unspecified atom stereocenters. The maximum Gasteiger partial charge on any atom is 0.339 e. The maximum absolute atomic E-state index is 12.6. The topological polar surface area (TPSA) is 78.9 Å². The molecule has 0 atom stereocenters. The summed E-state index contributed by atoms with van der Waals surface area (Å²) < 4.78 is 14.6. The lowest BCUT2D eigenvalue weighted by atomic mass is 9.62. The van der Waals surface area contributed by atoms with Crippen molar-refractivity contribution in [3.8, 4) is 0 Å². The normalized spacial score (nSPS) is 15.5. The quantitative estimate of drug-likeness (QED) is 0.401. The minimum absolute atomic E-state index is 0.00330. The molecule has 1 aliphatic carbocycles. The first-order valence-electron chi connectivity index (χ1n) is 11.6. The minimum Gasteiger partial charge on any atom is -0.465 e. The lowest BCUT2D eigenvalue weighted by molar-refractivity contribution is 0.0535. The van der Waals surface area contributed by atoms with E-state index in [-0.39, 0.29) is 27.5 Å². The third-order valence-electron chi connectivity index (χ3n) is 7.21. The van der Waals surface area contributed by atoms with Crippen molar-refractivity contribution >= 4 is 23.5 Å². The summed E-state index contributed by atoms with van der Waals surface area (Å²) >= 11 is 0. The van der Waals surface area contributed by atoms with Gasteiger partial charge < -0.3 is 14.2 Å². The van der Waals surface area contributed by atoms with Crippen molar-refractivity contribution in [2.45, 2.75) is 58.3 Å². The van der Waals surface area contributed by atoms with Crippen LogP contribution in [0.2, 0.25) is 0 Å². The first kappa shape index (κ1) is 26.2. The molecule has 3 rings (SSSR count). The molecule has 0 heterocycles. The summed E-state index contributed by atoms with van der Waals surface area (Å²) in [5, 5.41) is 0. The summed E-state index contributed by atoms with van der Waals surface area (Å²) in [6, 6.07) is 7.43. The molecule has 6 heteroatoms. The highest BCUT2D eigenvalue weighted by atomic mass is 16.5. The van der Waals surface area contributed by atoms with Gasteiger partial charge in [0.2, 0.25) is 0 Å². The Hall–Kier alpha value is -3.41. The number of carbonyl (C=O) groups is 3. The number of fused-ring (bicyclic) bond motifs is 1. The zero-order chi connectivity index (χ0) is 26.3. The third-order valence-corrected chi connectivity index (χ3v) is 7.21. The van der Waals surface area contributed by atoms with E-state index in [1.54, 1.807) is 0 Å². The zero-order valence-corrected chi connectivity index (χ0v) is 21.9. The number of hydrogen-bond acceptors (Lipinski definition) is 6. The molecule has 0 aromatic heterocycles. The van der Waals surface area contributed by atoms with Crippen LogP contribution in [0, 0.1) is 6.92 Å². The van der Waals surface area contributed by atoms with Gasteiger partial charge in [0.25, 0.3) is 0 Å². The highest BCUT2D eigenvalue weighted by Crippen LogP contribution is 2.47. The number of hydrogen-bond donors (Lipinski definition) is 0. The molecule has 0 amide bonds. The Morgan fingerprint density at radius 1 is 0.714 bits per heavy atom. The summed E-state index contributed by atoms with van der Waals surface area (Å²) in [7, 11) is 3.59. The van der Waals surface area contributed by atoms with Crippen LogP contribution in [-0.4, -0.2) is 39.2 Å². The molecule has 6 nitrogen and oxygen atoms in total. The number of ether oxygens (including phenoxy) is 3. The summed E-state index contributed by atoms with van der Waals surface area (Å²) in [6.45, 7) is 15.4. The van der Waals surface area contributed by atoms with E-state index in [9.17, 15) is 14.4 Å². The Morgan fingerprint density at radius 3 is 1.57 bits per heavy atom. The molecule has 0 fully saturated rings. The number of esters is 3. The summed E-state index contributed by atoms with van der Waals surface area (Å²) in [5.74, 6) is -2.37. The monoisotopic (exact) mass is 478 g/mol. The van der Waals surface area contributed by atoms with Crippen molar-refractivity contribution in [2.24, 2.45) is 0 Å². The predicted molar refractivity (Wildman–Crippen MR) is 135 cm³/mol. The molecule has 0 saturated carbocycles. The summed E-state index contributed by atoms with van der Waals surface area (Å²) in [5.41, 5.74) is 5.36. The number of rotatable bonds is 5. The van der Waals surface area contributed by atoms with Crippen molar-refractivity contribution in [1.82, 2.24) is 0 Å². The highest BCUT2D eigenvalue weighted by molar-refractivity contribution is 6.11. The van der Waals surface area contributed by atoms with Gasteiger partial charge >= 0.3 is 17.9 Å². The van der Waals surface area contributed by atoms with E-state index < -0.39 is 17.9 Å². The lowest BCUT2D eigenvalue weighted by Crippen LogP contribution is -2.34. The fourth-order valence-electron chi connectivity index (χ4n) is 4.88. The Morgan fingerprint density at radius 2 is 1.14 bits per heavy atom. The van der Waals surface area contributed by atoms with Gasteiger partial charge in [0.15, 0.2) is 0 Å². The fourth-order valence-corrected chi connectivity index (χ4v) is 4.88. The Labute approximate surface area is 207 Å². The SMILES string of the molecule is C=C(c1cc(C(=O)OC)c(C(=O)OC)c(C(=O)OC)c1)c1cc2c(cc1C)C(C)(C)CCC2(C)C. The second-order valence-corrected chi connectivity index (χ2v) is 10.4.